The molecule has 68 valence electrons. The molecule has 0 aromatic heterocycles. The van der Waals surface area contributed by atoms with Gasteiger partial charge in [-0.3, -0.25) is 4.79 Å². The zero-order valence-electron chi connectivity index (χ0n) is 7.76. The van der Waals surface area contributed by atoms with Crippen molar-refractivity contribution >= 4 is 5.91 Å². The molecule has 1 heterocycles. The number of carbonyl (C=O) groups excluding carboxylic acids is 1. The standard InChI is InChI=1S/C9H16N2O/c1-9(2,10)8(12)11-6-4-3-5-7-11/h4-7,10H2,1-2H3. The molecule has 0 spiro atoms. The molecule has 3 heteroatoms. The van der Waals surface area contributed by atoms with Crippen LogP contribution in [0.5, 0.6) is 0 Å². The highest BCUT2D eigenvalue weighted by molar-refractivity contribution is 5.85. The second-order valence-corrected chi connectivity index (χ2v) is 3.76. The van der Waals surface area contributed by atoms with Crippen molar-refractivity contribution < 1.29 is 4.79 Å². The molecule has 12 heavy (non-hydrogen) atoms. The summed E-state index contributed by atoms with van der Waals surface area (Å²) in [5, 5.41) is 0. The van der Waals surface area contributed by atoms with Crippen LogP contribution in [0.1, 0.15) is 26.7 Å². The predicted octanol–water partition coefficient (Wildman–Crippen LogP) is 0.427. The summed E-state index contributed by atoms with van der Waals surface area (Å²) in [4.78, 5) is 13.4. The Bertz CT molecular complexity index is 166. The van der Waals surface area contributed by atoms with E-state index in [4.69, 9.17) is 5.73 Å². The van der Waals surface area contributed by atoms with Gasteiger partial charge in [-0.15, -0.1) is 0 Å². The summed E-state index contributed by atoms with van der Waals surface area (Å²) in [5.41, 5.74) is 4.97. The molecule has 0 atom stereocenters. The van der Waals surface area contributed by atoms with Gasteiger partial charge in [-0.1, -0.05) is 0 Å². The summed E-state index contributed by atoms with van der Waals surface area (Å²) < 4.78 is 0. The smallest absolute Gasteiger partial charge is 0.242 e. The number of amides is 1. The first-order valence-corrected chi connectivity index (χ1v) is 4.31. The van der Waals surface area contributed by atoms with Crippen molar-refractivity contribution in [1.82, 2.24) is 4.90 Å². The van der Waals surface area contributed by atoms with Crippen LogP contribution in [0.4, 0.5) is 0 Å². The Morgan fingerprint density at radius 2 is 1.92 bits per heavy atom. The fraction of sp³-hybridized carbons (Fsp3) is 0.778. The molecule has 1 saturated heterocycles. The second-order valence-electron chi connectivity index (χ2n) is 3.76. The third-order valence-corrected chi connectivity index (χ3v) is 1.96. The van der Waals surface area contributed by atoms with E-state index in [0.717, 1.165) is 25.9 Å². The number of carbonyl (C=O) groups is 1. The van der Waals surface area contributed by atoms with Crippen LogP contribution in [-0.2, 0) is 4.79 Å². The van der Waals surface area contributed by atoms with Gasteiger partial charge in [0.1, 0.15) is 0 Å². The molecular formula is C9H16N2O. The van der Waals surface area contributed by atoms with Crippen molar-refractivity contribution in [3.05, 3.63) is 6.42 Å². The van der Waals surface area contributed by atoms with E-state index in [1.807, 2.05) is 4.90 Å². The molecule has 0 aromatic rings. The van der Waals surface area contributed by atoms with Crippen LogP contribution in [0.25, 0.3) is 0 Å². The first-order valence-electron chi connectivity index (χ1n) is 4.31. The van der Waals surface area contributed by atoms with Gasteiger partial charge in [0.05, 0.1) is 5.54 Å². The first kappa shape index (κ1) is 9.52. The lowest BCUT2D eigenvalue weighted by Gasteiger charge is -2.31. The van der Waals surface area contributed by atoms with E-state index in [9.17, 15) is 4.79 Å². The van der Waals surface area contributed by atoms with Crippen molar-refractivity contribution in [2.75, 3.05) is 13.1 Å². The summed E-state index contributed by atoms with van der Waals surface area (Å²) >= 11 is 0. The topological polar surface area (TPSA) is 46.3 Å². The SMILES string of the molecule is CC(C)(N)C(=O)N1CC[C]CC1. The molecule has 0 saturated carbocycles. The van der Waals surface area contributed by atoms with Gasteiger partial charge in [-0.2, -0.15) is 0 Å². The van der Waals surface area contributed by atoms with E-state index in [1.54, 1.807) is 13.8 Å². The first-order chi connectivity index (χ1) is 5.52. The molecule has 0 aromatic carbocycles. The summed E-state index contributed by atoms with van der Waals surface area (Å²) in [6.07, 6.45) is 4.94. The molecule has 1 amide bonds. The molecule has 0 aliphatic carbocycles. The fourth-order valence-corrected chi connectivity index (χ4v) is 1.28. The number of piperidine rings is 1. The van der Waals surface area contributed by atoms with Gasteiger partial charge < -0.3 is 10.6 Å². The Hall–Kier alpha value is -0.570. The normalized spacial score (nSPS) is 19.4. The highest BCUT2D eigenvalue weighted by Crippen LogP contribution is 2.12. The molecule has 1 fully saturated rings. The summed E-state index contributed by atoms with van der Waals surface area (Å²) in [6.45, 7) is 5.05. The number of hydrogen-bond acceptors (Lipinski definition) is 2. The molecule has 0 unspecified atom stereocenters. The number of hydrogen-bond donors (Lipinski definition) is 1. The van der Waals surface area contributed by atoms with Gasteiger partial charge in [0, 0.05) is 13.1 Å². The van der Waals surface area contributed by atoms with Crippen LogP contribution in [-0.4, -0.2) is 29.4 Å². The quantitative estimate of drug-likeness (QED) is 0.617. The average Bonchev–Trinajstić information content (AvgIpc) is 2.03. The van der Waals surface area contributed by atoms with Gasteiger partial charge in [-0.25, -0.2) is 0 Å². The molecule has 1 aliphatic rings. The Balaban J connectivity index is 2.51. The van der Waals surface area contributed by atoms with Crippen molar-refractivity contribution in [3.63, 3.8) is 0 Å². The molecule has 2 radical (unpaired) electrons. The van der Waals surface area contributed by atoms with Gasteiger partial charge in [0.2, 0.25) is 5.91 Å². The third kappa shape index (κ3) is 2.21. The maximum Gasteiger partial charge on any atom is 0.242 e. The van der Waals surface area contributed by atoms with Crippen molar-refractivity contribution in [2.24, 2.45) is 5.73 Å². The summed E-state index contributed by atoms with van der Waals surface area (Å²) in [5.74, 6) is 0.0454. The predicted molar refractivity (Wildman–Crippen MR) is 47.3 cm³/mol. The number of likely N-dealkylation sites (tertiary alicyclic amines) is 1. The van der Waals surface area contributed by atoms with Crippen LogP contribution < -0.4 is 5.73 Å². The van der Waals surface area contributed by atoms with Gasteiger partial charge in [0.25, 0.3) is 0 Å². The average molecular weight is 168 g/mol. The molecule has 2 N–H and O–H groups in total. The Kier molecular flexibility index (Phi) is 2.73. The number of nitrogens with zero attached hydrogens (tertiary/aromatic N) is 1. The molecule has 1 aliphatic heterocycles. The Labute approximate surface area is 73.9 Å². The van der Waals surface area contributed by atoms with E-state index in [2.05, 4.69) is 6.42 Å². The molecule has 3 nitrogen and oxygen atoms in total. The van der Waals surface area contributed by atoms with Crippen LogP contribution in [0.2, 0.25) is 0 Å². The fourth-order valence-electron chi connectivity index (χ4n) is 1.28. The second kappa shape index (κ2) is 3.44. The van der Waals surface area contributed by atoms with Gasteiger partial charge >= 0.3 is 0 Å². The zero-order valence-corrected chi connectivity index (χ0v) is 7.76. The van der Waals surface area contributed by atoms with Crippen LogP contribution in [0, 0.1) is 6.42 Å². The third-order valence-electron chi connectivity index (χ3n) is 1.96. The zero-order chi connectivity index (χ0) is 9.19. The molecular weight excluding hydrogens is 152 g/mol. The van der Waals surface area contributed by atoms with Crippen molar-refractivity contribution in [3.8, 4) is 0 Å². The number of nitrogens with two attached hydrogens (primary N) is 1. The Morgan fingerprint density at radius 1 is 1.42 bits per heavy atom. The highest BCUT2D eigenvalue weighted by atomic mass is 16.2. The summed E-state index contributed by atoms with van der Waals surface area (Å²) in [6, 6.07) is 0. The monoisotopic (exact) mass is 168 g/mol. The van der Waals surface area contributed by atoms with Gasteiger partial charge in [0.15, 0.2) is 0 Å². The van der Waals surface area contributed by atoms with Crippen LogP contribution >= 0.6 is 0 Å². The lowest BCUT2D eigenvalue weighted by atomic mass is 10.0. The largest absolute Gasteiger partial charge is 0.341 e. The van der Waals surface area contributed by atoms with E-state index < -0.39 is 5.54 Å². The van der Waals surface area contributed by atoms with E-state index in [0.29, 0.717) is 0 Å². The molecule has 0 bridgehead atoms. The lowest BCUT2D eigenvalue weighted by molar-refractivity contribution is -0.136. The van der Waals surface area contributed by atoms with E-state index in [-0.39, 0.29) is 5.91 Å². The minimum absolute atomic E-state index is 0.0454. The highest BCUT2D eigenvalue weighted by Gasteiger charge is 2.28. The Morgan fingerprint density at radius 3 is 2.33 bits per heavy atom. The van der Waals surface area contributed by atoms with Crippen molar-refractivity contribution in [2.45, 2.75) is 32.2 Å². The van der Waals surface area contributed by atoms with E-state index in [1.165, 1.54) is 0 Å². The minimum atomic E-state index is -0.725. The van der Waals surface area contributed by atoms with Crippen LogP contribution in [0.3, 0.4) is 0 Å². The van der Waals surface area contributed by atoms with Crippen LogP contribution in [0.15, 0.2) is 0 Å². The van der Waals surface area contributed by atoms with Gasteiger partial charge in [-0.05, 0) is 33.1 Å². The van der Waals surface area contributed by atoms with Crippen molar-refractivity contribution in [1.29, 1.82) is 0 Å². The molecule has 1 rings (SSSR count). The maximum absolute atomic E-state index is 11.6. The maximum atomic E-state index is 11.6. The number of rotatable bonds is 1. The minimum Gasteiger partial charge on any atom is -0.341 e. The van der Waals surface area contributed by atoms with E-state index >= 15 is 0 Å². The summed E-state index contributed by atoms with van der Waals surface area (Å²) in [7, 11) is 0. The lowest BCUT2D eigenvalue weighted by Crippen LogP contribution is -2.52.